The van der Waals surface area contributed by atoms with Gasteiger partial charge < -0.3 is 24.5 Å². The number of aromatic nitrogens is 7. The second kappa shape index (κ2) is 10.1. The number of carbonyl (C=O) groups is 1. The van der Waals surface area contributed by atoms with Crippen molar-refractivity contribution in [2.75, 3.05) is 19.7 Å². The van der Waals surface area contributed by atoms with Crippen molar-refractivity contribution in [2.45, 2.75) is 51.7 Å². The largest absolute Gasteiger partial charge is 0.474 e. The number of nitrogens with two attached hydrogens (primary N) is 1. The lowest BCUT2D eigenvalue weighted by Crippen LogP contribution is -2.45. The number of likely N-dealkylation sites (tertiary alicyclic amines) is 1. The number of rotatable bonds is 8. The fraction of sp³-hybridized carbons (Fsp3) is 0.414. The first-order chi connectivity index (χ1) is 19.5. The van der Waals surface area contributed by atoms with Gasteiger partial charge in [-0.15, -0.1) is 10.2 Å². The Morgan fingerprint density at radius 2 is 2.00 bits per heavy atom. The predicted molar refractivity (Wildman–Crippen MR) is 150 cm³/mol. The van der Waals surface area contributed by atoms with Gasteiger partial charge in [0, 0.05) is 49.0 Å². The second-order valence-electron chi connectivity index (χ2n) is 11.1. The van der Waals surface area contributed by atoms with Crippen LogP contribution in [-0.2, 0) is 13.1 Å². The van der Waals surface area contributed by atoms with E-state index < -0.39 is 0 Å². The third kappa shape index (κ3) is 4.60. The van der Waals surface area contributed by atoms with E-state index in [0.717, 1.165) is 59.3 Å². The molecule has 2 fully saturated rings. The summed E-state index contributed by atoms with van der Waals surface area (Å²) in [5, 5.41) is 13.8. The van der Waals surface area contributed by atoms with E-state index in [2.05, 4.69) is 32.7 Å². The van der Waals surface area contributed by atoms with Crippen molar-refractivity contribution in [1.82, 2.24) is 38.8 Å². The molecule has 1 amide bonds. The Kier molecular flexibility index (Phi) is 6.22. The number of fused-ring (bicyclic) bond motifs is 2. The van der Waals surface area contributed by atoms with Gasteiger partial charge in [-0.05, 0) is 62.8 Å². The third-order valence-corrected chi connectivity index (χ3v) is 8.08. The minimum absolute atomic E-state index is 0.00828. The first kappa shape index (κ1) is 24.8. The van der Waals surface area contributed by atoms with E-state index in [4.69, 9.17) is 15.6 Å². The Bertz CT molecular complexity index is 1680. The van der Waals surface area contributed by atoms with Gasteiger partial charge in [-0.3, -0.25) is 4.79 Å². The Labute approximate surface area is 231 Å². The van der Waals surface area contributed by atoms with Crippen LogP contribution in [0.1, 0.15) is 41.6 Å². The van der Waals surface area contributed by atoms with Gasteiger partial charge in [-0.1, -0.05) is 0 Å². The summed E-state index contributed by atoms with van der Waals surface area (Å²) in [6.07, 6.45) is 11.3. The number of nitrogens with zero attached hydrogens (tertiary/aromatic N) is 8. The second-order valence-corrected chi connectivity index (χ2v) is 11.1. The average Bonchev–Trinajstić information content (AvgIpc) is 3.33. The zero-order valence-electron chi connectivity index (χ0n) is 22.6. The number of amides is 1. The predicted octanol–water partition coefficient (Wildman–Crippen LogP) is 3.30. The van der Waals surface area contributed by atoms with Crippen LogP contribution in [0.4, 0.5) is 0 Å². The molecule has 7 rings (SSSR count). The molecule has 11 nitrogen and oxygen atoms in total. The van der Waals surface area contributed by atoms with Gasteiger partial charge in [0.15, 0.2) is 0 Å². The summed E-state index contributed by atoms with van der Waals surface area (Å²) in [7, 11) is 0. The highest BCUT2D eigenvalue weighted by Crippen LogP contribution is 2.39. The molecule has 2 aliphatic rings. The van der Waals surface area contributed by atoms with Crippen molar-refractivity contribution in [1.29, 1.82) is 0 Å². The molecular formula is C29H33N9O2. The number of pyridine rings is 2. The van der Waals surface area contributed by atoms with Crippen LogP contribution in [0.3, 0.4) is 0 Å². The molecule has 0 aromatic carbocycles. The van der Waals surface area contributed by atoms with E-state index in [1.54, 1.807) is 18.9 Å². The van der Waals surface area contributed by atoms with Crippen LogP contribution in [0.2, 0.25) is 0 Å². The van der Waals surface area contributed by atoms with Gasteiger partial charge >= 0.3 is 0 Å². The maximum atomic E-state index is 13.2. The minimum Gasteiger partial charge on any atom is -0.474 e. The number of piperidine rings is 1. The van der Waals surface area contributed by atoms with E-state index in [9.17, 15) is 4.79 Å². The number of aryl methyl sites for hydroxylation is 1. The zero-order chi connectivity index (χ0) is 27.2. The van der Waals surface area contributed by atoms with E-state index >= 15 is 0 Å². The van der Waals surface area contributed by atoms with Crippen LogP contribution in [-0.4, -0.2) is 70.5 Å². The van der Waals surface area contributed by atoms with E-state index in [1.807, 2.05) is 38.4 Å². The molecule has 1 atom stereocenters. The normalized spacial score (nSPS) is 17.6. The van der Waals surface area contributed by atoms with Gasteiger partial charge in [0.25, 0.3) is 5.91 Å². The molecule has 0 bridgehead atoms. The zero-order valence-corrected chi connectivity index (χ0v) is 22.6. The van der Waals surface area contributed by atoms with Crippen LogP contribution in [0.15, 0.2) is 49.3 Å². The fourth-order valence-corrected chi connectivity index (χ4v) is 5.74. The molecule has 1 saturated carbocycles. The summed E-state index contributed by atoms with van der Waals surface area (Å²) in [6.45, 7) is 5.42. The quantitative estimate of drug-likeness (QED) is 0.321. The minimum atomic E-state index is 0.00828. The molecule has 40 heavy (non-hydrogen) atoms. The molecule has 11 heteroatoms. The lowest BCUT2D eigenvalue weighted by molar-refractivity contribution is 0.0708. The van der Waals surface area contributed by atoms with Crippen LogP contribution in [0.25, 0.3) is 27.8 Å². The van der Waals surface area contributed by atoms with Crippen LogP contribution in [0, 0.1) is 12.8 Å². The van der Waals surface area contributed by atoms with Crippen molar-refractivity contribution < 1.29 is 9.53 Å². The summed E-state index contributed by atoms with van der Waals surface area (Å²) in [5.41, 5.74) is 11.7. The molecule has 6 heterocycles. The highest BCUT2D eigenvalue weighted by Gasteiger charge is 2.28. The number of ether oxygens (including phenoxy) is 1. The van der Waals surface area contributed by atoms with Crippen LogP contribution >= 0.6 is 0 Å². The third-order valence-electron chi connectivity index (χ3n) is 8.08. The molecule has 0 spiro atoms. The van der Waals surface area contributed by atoms with Crippen molar-refractivity contribution in [3.8, 4) is 17.3 Å². The van der Waals surface area contributed by atoms with E-state index in [-0.39, 0.29) is 11.9 Å². The summed E-state index contributed by atoms with van der Waals surface area (Å²) in [4.78, 5) is 19.7. The summed E-state index contributed by atoms with van der Waals surface area (Å²) in [5.74, 6) is 1.26. The SMILES string of the molecule is Cc1c(-c2cc3ccnc(OCCn4cnnc4)c3n2CC2CC2)nn2cc(C(=O)N3CCCC(N)C3)ccc12. The summed E-state index contributed by atoms with van der Waals surface area (Å²) in [6, 6.07) is 8.15. The highest BCUT2D eigenvalue weighted by atomic mass is 16.5. The van der Waals surface area contributed by atoms with Crippen molar-refractivity contribution in [3.05, 3.63) is 60.4 Å². The lowest BCUT2D eigenvalue weighted by atomic mass is 10.1. The lowest BCUT2D eigenvalue weighted by Gasteiger charge is -2.30. The number of carbonyl (C=O) groups excluding carboxylic acids is 1. The first-order valence-electron chi connectivity index (χ1n) is 14.0. The van der Waals surface area contributed by atoms with E-state index in [0.29, 0.717) is 37.1 Å². The molecule has 0 radical (unpaired) electrons. The maximum absolute atomic E-state index is 13.2. The maximum Gasteiger partial charge on any atom is 0.255 e. The average molecular weight is 540 g/mol. The van der Waals surface area contributed by atoms with Gasteiger partial charge in [-0.2, -0.15) is 5.10 Å². The molecule has 1 unspecified atom stereocenters. The topological polar surface area (TPSA) is 121 Å². The highest BCUT2D eigenvalue weighted by molar-refractivity contribution is 5.95. The molecule has 5 aromatic heterocycles. The monoisotopic (exact) mass is 539 g/mol. The van der Waals surface area contributed by atoms with Gasteiger partial charge in [-0.25, -0.2) is 9.50 Å². The van der Waals surface area contributed by atoms with Crippen molar-refractivity contribution in [2.24, 2.45) is 11.7 Å². The van der Waals surface area contributed by atoms with Crippen molar-refractivity contribution >= 4 is 22.3 Å². The Morgan fingerprint density at radius 1 is 1.15 bits per heavy atom. The summed E-state index contributed by atoms with van der Waals surface area (Å²) >= 11 is 0. The smallest absolute Gasteiger partial charge is 0.255 e. The molecule has 206 valence electrons. The Morgan fingerprint density at radius 3 is 2.80 bits per heavy atom. The molecule has 1 saturated heterocycles. The fourth-order valence-electron chi connectivity index (χ4n) is 5.74. The van der Waals surface area contributed by atoms with Gasteiger partial charge in [0.1, 0.15) is 30.5 Å². The molecular weight excluding hydrogens is 506 g/mol. The Balaban J connectivity index is 1.25. The van der Waals surface area contributed by atoms with Crippen LogP contribution in [0.5, 0.6) is 5.88 Å². The Hall–Kier alpha value is -4.25. The standard InChI is InChI=1S/C29H33N9O2/c1-19-24-7-6-22(29(39)36-10-2-3-23(30)16-36)15-38(24)34-26(19)25-13-21-8-9-31-28(27(21)37(25)14-20-4-5-20)40-12-11-35-17-32-33-18-35/h6-9,13,15,17-18,20,23H,2-5,10-12,14,16,30H2,1H3. The van der Waals surface area contributed by atoms with Gasteiger partial charge in [0.2, 0.25) is 5.88 Å². The van der Waals surface area contributed by atoms with Gasteiger partial charge in [0.05, 0.1) is 23.3 Å². The molecule has 1 aliphatic heterocycles. The molecule has 5 aromatic rings. The molecule has 1 aliphatic carbocycles. The number of hydrogen-bond donors (Lipinski definition) is 1. The summed E-state index contributed by atoms with van der Waals surface area (Å²) < 4.78 is 12.2. The molecule has 2 N–H and O–H groups in total. The van der Waals surface area contributed by atoms with Crippen LogP contribution < -0.4 is 10.5 Å². The van der Waals surface area contributed by atoms with Crippen molar-refractivity contribution in [3.63, 3.8) is 0 Å². The number of hydrogen-bond acceptors (Lipinski definition) is 7. The first-order valence-corrected chi connectivity index (χ1v) is 14.0. The van der Waals surface area contributed by atoms with E-state index in [1.165, 1.54) is 12.8 Å².